The molecule has 0 radical (unpaired) electrons. The van der Waals surface area contributed by atoms with Gasteiger partial charge in [0, 0.05) is 7.11 Å². The number of halogens is 2. The van der Waals surface area contributed by atoms with Crippen LogP contribution < -0.4 is 4.74 Å². The number of sulfone groups is 1. The lowest BCUT2D eigenvalue weighted by molar-refractivity contribution is 0.0391. The second kappa shape index (κ2) is 6.14. The Hall–Kier alpha value is -1.99. The van der Waals surface area contributed by atoms with Crippen molar-refractivity contribution in [1.29, 1.82) is 0 Å². The van der Waals surface area contributed by atoms with E-state index in [4.69, 9.17) is 9.47 Å². The molecule has 4 nitrogen and oxygen atoms in total. The molecule has 0 fully saturated rings. The minimum absolute atomic E-state index is 0.0247. The first-order valence-electron chi connectivity index (χ1n) is 7.30. The number of rotatable bonds is 3. The van der Waals surface area contributed by atoms with E-state index in [9.17, 15) is 17.2 Å². The van der Waals surface area contributed by atoms with Gasteiger partial charge in [0.1, 0.15) is 23.8 Å². The van der Waals surface area contributed by atoms with Gasteiger partial charge >= 0.3 is 0 Å². The van der Waals surface area contributed by atoms with E-state index in [0.717, 1.165) is 17.7 Å². The van der Waals surface area contributed by atoms with Gasteiger partial charge in [-0.1, -0.05) is 17.7 Å². The van der Waals surface area contributed by atoms with Gasteiger partial charge in [0.15, 0.2) is 21.4 Å². The SMILES string of the molecule is CO[C@@H]1COc2c(F)ccc(F)c2[C@H]1S(=O)(=O)c1ccc(C)cc1. The van der Waals surface area contributed by atoms with Crippen molar-refractivity contribution in [3.63, 3.8) is 0 Å². The largest absolute Gasteiger partial charge is 0.487 e. The minimum Gasteiger partial charge on any atom is -0.487 e. The van der Waals surface area contributed by atoms with Crippen LogP contribution in [0.4, 0.5) is 8.78 Å². The van der Waals surface area contributed by atoms with E-state index in [1.54, 1.807) is 12.1 Å². The van der Waals surface area contributed by atoms with Gasteiger partial charge in [0.05, 0.1) is 10.5 Å². The third kappa shape index (κ3) is 2.67. The maximum Gasteiger partial charge on any atom is 0.188 e. The smallest absolute Gasteiger partial charge is 0.188 e. The third-order valence-electron chi connectivity index (χ3n) is 4.10. The Balaban J connectivity index is 2.22. The molecular formula is C17H16F2O4S. The van der Waals surface area contributed by atoms with E-state index in [-0.39, 0.29) is 22.8 Å². The van der Waals surface area contributed by atoms with E-state index in [0.29, 0.717) is 0 Å². The Kier molecular flexibility index (Phi) is 4.31. The number of benzene rings is 2. The van der Waals surface area contributed by atoms with Crippen LogP contribution in [0, 0.1) is 18.6 Å². The molecule has 24 heavy (non-hydrogen) atoms. The predicted octanol–water partition coefficient (Wildman–Crippen LogP) is 3.20. The van der Waals surface area contributed by atoms with Gasteiger partial charge in [-0.3, -0.25) is 0 Å². The lowest BCUT2D eigenvalue weighted by atomic mass is 10.0. The maximum atomic E-state index is 14.4. The van der Waals surface area contributed by atoms with Crippen LogP contribution in [0.3, 0.4) is 0 Å². The van der Waals surface area contributed by atoms with Crippen molar-refractivity contribution in [3.05, 3.63) is 59.2 Å². The van der Waals surface area contributed by atoms with E-state index in [1.807, 2.05) is 6.92 Å². The lowest BCUT2D eigenvalue weighted by Gasteiger charge is -2.32. The number of fused-ring (bicyclic) bond motifs is 1. The molecule has 2 aromatic rings. The van der Waals surface area contributed by atoms with Crippen LogP contribution in [0.25, 0.3) is 0 Å². The zero-order valence-corrected chi connectivity index (χ0v) is 13.9. The average molecular weight is 354 g/mol. The third-order valence-corrected chi connectivity index (χ3v) is 6.23. The van der Waals surface area contributed by atoms with Gasteiger partial charge in [-0.25, -0.2) is 17.2 Å². The van der Waals surface area contributed by atoms with Crippen LogP contribution in [0.5, 0.6) is 5.75 Å². The van der Waals surface area contributed by atoms with E-state index in [2.05, 4.69) is 0 Å². The summed E-state index contributed by atoms with van der Waals surface area (Å²) in [6, 6.07) is 8.01. The number of ether oxygens (including phenoxy) is 2. The highest BCUT2D eigenvalue weighted by Gasteiger charge is 2.44. The molecular weight excluding hydrogens is 338 g/mol. The Morgan fingerprint density at radius 1 is 1.08 bits per heavy atom. The van der Waals surface area contributed by atoms with Gasteiger partial charge in [-0.05, 0) is 31.2 Å². The highest BCUT2D eigenvalue weighted by Crippen LogP contribution is 2.43. The van der Waals surface area contributed by atoms with E-state index < -0.39 is 32.8 Å². The summed E-state index contributed by atoms with van der Waals surface area (Å²) in [6.07, 6.45) is -0.944. The number of hydrogen-bond acceptors (Lipinski definition) is 4. The summed E-state index contributed by atoms with van der Waals surface area (Å²) in [7, 11) is -2.69. The first kappa shape index (κ1) is 16.9. The predicted molar refractivity (Wildman–Crippen MR) is 83.8 cm³/mol. The average Bonchev–Trinajstić information content (AvgIpc) is 2.57. The van der Waals surface area contributed by atoms with Crippen molar-refractivity contribution in [2.45, 2.75) is 23.2 Å². The van der Waals surface area contributed by atoms with Crippen molar-refractivity contribution >= 4 is 9.84 Å². The van der Waals surface area contributed by atoms with Crippen molar-refractivity contribution < 1.29 is 26.7 Å². The molecule has 0 saturated carbocycles. The Bertz CT molecular complexity index is 863. The molecule has 0 N–H and O–H groups in total. The molecule has 2 atom stereocenters. The molecule has 0 amide bonds. The molecule has 1 aliphatic heterocycles. The van der Waals surface area contributed by atoms with Crippen LogP contribution in [-0.2, 0) is 14.6 Å². The fourth-order valence-corrected chi connectivity index (χ4v) is 4.75. The normalized spacial score (nSPS) is 20.3. The molecule has 3 rings (SSSR count). The van der Waals surface area contributed by atoms with Crippen LogP contribution in [0.2, 0.25) is 0 Å². The molecule has 0 bridgehead atoms. The van der Waals surface area contributed by atoms with Gasteiger partial charge < -0.3 is 9.47 Å². The lowest BCUT2D eigenvalue weighted by Crippen LogP contribution is -2.38. The van der Waals surface area contributed by atoms with Crippen molar-refractivity contribution in [3.8, 4) is 5.75 Å². The fraction of sp³-hybridized carbons (Fsp3) is 0.294. The van der Waals surface area contributed by atoms with Gasteiger partial charge in [-0.15, -0.1) is 0 Å². The van der Waals surface area contributed by atoms with Crippen LogP contribution in [0.15, 0.2) is 41.3 Å². The summed E-state index contributed by atoms with van der Waals surface area (Å²) in [4.78, 5) is 0.0247. The van der Waals surface area contributed by atoms with Crippen molar-refractivity contribution in [1.82, 2.24) is 0 Å². The van der Waals surface area contributed by atoms with Crippen LogP contribution in [-0.4, -0.2) is 28.2 Å². The molecule has 128 valence electrons. The fourth-order valence-electron chi connectivity index (χ4n) is 2.82. The van der Waals surface area contributed by atoms with Crippen molar-refractivity contribution in [2.24, 2.45) is 0 Å². The van der Waals surface area contributed by atoms with Gasteiger partial charge in [0.25, 0.3) is 0 Å². The second-order valence-electron chi connectivity index (χ2n) is 5.64. The van der Waals surface area contributed by atoms with E-state index in [1.165, 1.54) is 19.2 Å². The highest BCUT2D eigenvalue weighted by atomic mass is 32.2. The molecule has 0 spiro atoms. The second-order valence-corrected chi connectivity index (χ2v) is 7.71. The standard InChI is InChI=1S/C17H16F2O4S/c1-10-3-5-11(6-4-10)24(20,21)17-14(22-2)9-23-16-13(19)8-7-12(18)15(16)17/h3-8,14,17H,9H2,1-2H3/t14-,17+/m1/s1. The van der Waals surface area contributed by atoms with Gasteiger partial charge in [0.2, 0.25) is 0 Å². The first-order chi connectivity index (χ1) is 11.4. The number of hydrogen-bond donors (Lipinski definition) is 0. The van der Waals surface area contributed by atoms with Crippen LogP contribution >= 0.6 is 0 Å². The summed E-state index contributed by atoms with van der Waals surface area (Å²) in [6.45, 7) is 1.65. The highest BCUT2D eigenvalue weighted by molar-refractivity contribution is 7.91. The van der Waals surface area contributed by atoms with Crippen molar-refractivity contribution in [2.75, 3.05) is 13.7 Å². The Morgan fingerprint density at radius 2 is 1.71 bits per heavy atom. The molecule has 0 aromatic heterocycles. The summed E-state index contributed by atoms with van der Waals surface area (Å²) < 4.78 is 64.9. The molecule has 2 aromatic carbocycles. The monoisotopic (exact) mass is 354 g/mol. The minimum atomic E-state index is -4.00. The van der Waals surface area contributed by atoms with Crippen LogP contribution in [0.1, 0.15) is 16.4 Å². The summed E-state index contributed by atoms with van der Waals surface area (Å²) in [5, 5.41) is -1.38. The summed E-state index contributed by atoms with van der Waals surface area (Å²) >= 11 is 0. The maximum absolute atomic E-state index is 14.4. The Morgan fingerprint density at radius 3 is 2.33 bits per heavy atom. The van der Waals surface area contributed by atoms with E-state index >= 15 is 0 Å². The topological polar surface area (TPSA) is 52.6 Å². The molecule has 0 saturated heterocycles. The summed E-state index contributed by atoms with van der Waals surface area (Å²) in [5.41, 5.74) is 0.565. The number of methoxy groups -OCH3 is 1. The zero-order valence-electron chi connectivity index (χ0n) is 13.1. The molecule has 1 heterocycles. The van der Waals surface area contributed by atoms with Gasteiger partial charge in [-0.2, -0.15) is 0 Å². The molecule has 1 aliphatic rings. The molecule has 0 unspecified atom stereocenters. The quantitative estimate of drug-likeness (QED) is 0.849. The number of aryl methyl sites for hydroxylation is 1. The molecule has 7 heteroatoms. The zero-order chi connectivity index (χ0) is 17.5. The Labute approximate surface area is 138 Å². The first-order valence-corrected chi connectivity index (χ1v) is 8.85. The summed E-state index contributed by atoms with van der Waals surface area (Å²) in [5.74, 6) is -2.01. The molecule has 0 aliphatic carbocycles.